The van der Waals surface area contributed by atoms with Gasteiger partial charge in [-0.05, 0) is 64.2 Å². The molecule has 42 heavy (non-hydrogen) atoms. The van der Waals surface area contributed by atoms with Crippen LogP contribution >= 0.6 is 0 Å². The largest absolute Gasteiger partial charge is 0.394 e. The average Bonchev–Trinajstić information content (AvgIpc) is 2.99. The molecule has 0 bridgehead atoms. The van der Waals surface area contributed by atoms with Crippen LogP contribution in [0.3, 0.4) is 0 Å². The molecule has 0 aromatic heterocycles. The lowest BCUT2D eigenvalue weighted by Gasteiger charge is -2.19. The summed E-state index contributed by atoms with van der Waals surface area (Å²) < 4.78 is 0. The number of nitrogens with one attached hydrogen (secondary N) is 1. The fourth-order valence-electron chi connectivity index (χ4n) is 4.54. The molecule has 0 aliphatic rings. The smallest absolute Gasteiger partial charge is 0.220 e. The number of aliphatic hydroxyl groups is 2. The van der Waals surface area contributed by atoms with E-state index in [0.717, 1.165) is 64.2 Å². The Kier molecular flexibility index (Phi) is 31.6. The maximum atomic E-state index is 12.2. The summed E-state index contributed by atoms with van der Waals surface area (Å²) in [6.45, 7) is 4.05. The van der Waals surface area contributed by atoms with Crippen molar-refractivity contribution in [2.75, 3.05) is 6.61 Å². The van der Waals surface area contributed by atoms with Crippen LogP contribution in [0, 0.1) is 0 Å². The quantitative estimate of drug-likeness (QED) is 0.0606. The van der Waals surface area contributed by atoms with Gasteiger partial charge in [0, 0.05) is 6.42 Å². The third kappa shape index (κ3) is 29.3. The minimum atomic E-state index is -0.863. The monoisotopic (exact) mass is 583 g/mol. The molecule has 0 fully saturated rings. The van der Waals surface area contributed by atoms with E-state index in [1.807, 2.05) is 6.08 Å². The summed E-state index contributed by atoms with van der Waals surface area (Å²) in [5.74, 6) is -0.0886. The van der Waals surface area contributed by atoms with Crippen LogP contribution in [0.5, 0.6) is 0 Å². The molecular formula is C38H65NO3. The predicted octanol–water partition coefficient (Wildman–Crippen LogP) is 10.0. The fraction of sp³-hybridized carbons (Fsp3) is 0.658. The molecule has 3 N–H and O–H groups in total. The molecule has 0 rings (SSSR count). The Morgan fingerprint density at radius 1 is 0.595 bits per heavy atom. The molecule has 0 aromatic rings. The van der Waals surface area contributed by atoms with Crippen molar-refractivity contribution in [1.82, 2.24) is 5.32 Å². The van der Waals surface area contributed by atoms with E-state index in [1.54, 1.807) is 6.08 Å². The Hall–Kier alpha value is -2.17. The molecular weight excluding hydrogens is 518 g/mol. The van der Waals surface area contributed by atoms with Crippen molar-refractivity contribution in [3.63, 3.8) is 0 Å². The van der Waals surface area contributed by atoms with Crippen molar-refractivity contribution in [2.45, 2.75) is 154 Å². The lowest BCUT2D eigenvalue weighted by Crippen LogP contribution is -2.45. The van der Waals surface area contributed by atoms with Crippen LogP contribution in [0.2, 0.25) is 0 Å². The summed E-state index contributed by atoms with van der Waals surface area (Å²) in [6, 6.07) is -0.640. The van der Waals surface area contributed by atoms with Gasteiger partial charge in [-0.25, -0.2) is 0 Å². The van der Waals surface area contributed by atoms with E-state index in [1.165, 1.54) is 57.8 Å². The highest BCUT2D eigenvalue weighted by molar-refractivity contribution is 5.76. The first kappa shape index (κ1) is 39.8. The Morgan fingerprint density at radius 3 is 1.64 bits per heavy atom. The zero-order valence-corrected chi connectivity index (χ0v) is 27.2. The number of carbonyl (C=O) groups excluding carboxylic acids is 1. The first-order valence-corrected chi connectivity index (χ1v) is 17.2. The van der Waals surface area contributed by atoms with Crippen molar-refractivity contribution in [1.29, 1.82) is 0 Å². The molecule has 0 spiro atoms. The van der Waals surface area contributed by atoms with Gasteiger partial charge in [0.2, 0.25) is 5.91 Å². The number of carbonyl (C=O) groups is 1. The Labute approximate surface area is 259 Å². The fourth-order valence-corrected chi connectivity index (χ4v) is 4.54. The lowest BCUT2D eigenvalue weighted by atomic mass is 10.0. The summed E-state index contributed by atoms with van der Waals surface area (Å²) in [5.41, 5.74) is 0. The van der Waals surface area contributed by atoms with Crippen LogP contribution in [0.1, 0.15) is 142 Å². The van der Waals surface area contributed by atoms with Crippen LogP contribution < -0.4 is 5.32 Å². The molecule has 0 saturated carbocycles. The molecule has 4 heteroatoms. The van der Waals surface area contributed by atoms with Crippen LogP contribution in [0.25, 0.3) is 0 Å². The van der Waals surface area contributed by atoms with Crippen LogP contribution in [0.4, 0.5) is 0 Å². The van der Waals surface area contributed by atoms with Gasteiger partial charge in [0.25, 0.3) is 0 Å². The topological polar surface area (TPSA) is 69.6 Å². The number of aliphatic hydroxyl groups excluding tert-OH is 2. The second-order valence-corrected chi connectivity index (χ2v) is 11.2. The van der Waals surface area contributed by atoms with Crippen molar-refractivity contribution < 1.29 is 15.0 Å². The number of hydrogen-bond acceptors (Lipinski definition) is 3. The first-order chi connectivity index (χ1) is 20.7. The normalized spacial score (nSPS) is 14.1. The number of hydrogen-bond donors (Lipinski definition) is 3. The van der Waals surface area contributed by atoms with Crippen molar-refractivity contribution in [3.05, 3.63) is 72.9 Å². The van der Waals surface area contributed by atoms with Gasteiger partial charge in [-0.15, -0.1) is 0 Å². The standard InChI is InChI=1S/C38H65NO3/c1-3-5-7-9-11-12-13-14-15-16-17-18-19-20-21-22-23-24-25-26-28-30-32-34-38(42)39-36(35-40)37(41)33-31-29-27-10-8-6-4-2/h5,7-8,10-12,14-15,17-18,31,33,36-37,40-41H,3-4,6,9,13,16,19-30,32,34-35H2,1-2H3,(H,39,42)/b7-5-,10-8+,12-11-,15-14-,18-17-,33-31+. The van der Waals surface area contributed by atoms with Gasteiger partial charge in [-0.3, -0.25) is 4.79 Å². The zero-order chi connectivity index (χ0) is 30.8. The molecule has 0 radical (unpaired) electrons. The third-order valence-corrected chi connectivity index (χ3v) is 7.15. The minimum absolute atomic E-state index is 0.0886. The maximum Gasteiger partial charge on any atom is 0.220 e. The summed E-state index contributed by atoms with van der Waals surface area (Å²) in [6.07, 6.45) is 47.2. The average molecular weight is 584 g/mol. The molecule has 1 amide bonds. The number of allylic oxidation sites excluding steroid dienone is 11. The van der Waals surface area contributed by atoms with Crippen LogP contribution in [-0.4, -0.2) is 34.9 Å². The number of rotatable bonds is 29. The second-order valence-electron chi connectivity index (χ2n) is 11.2. The highest BCUT2D eigenvalue weighted by atomic mass is 16.3. The molecule has 2 atom stereocenters. The molecule has 2 unspecified atom stereocenters. The van der Waals surface area contributed by atoms with E-state index < -0.39 is 12.1 Å². The van der Waals surface area contributed by atoms with Gasteiger partial charge < -0.3 is 15.5 Å². The Morgan fingerprint density at radius 2 is 1.07 bits per heavy atom. The summed E-state index contributed by atoms with van der Waals surface area (Å²) in [5, 5.41) is 22.6. The SMILES string of the molecule is CC/C=C\C/C=C\C/C=C\C/C=C\CCCCCCCCCCCCC(=O)NC(CO)C(O)/C=C/CC/C=C/CCC. The summed E-state index contributed by atoms with van der Waals surface area (Å²) in [4.78, 5) is 12.2. The van der Waals surface area contributed by atoms with Crippen molar-refractivity contribution in [2.24, 2.45) is 0 Å². The molecule has 0 aliphatic carbocycles. The van der Waals surface area contributed by atoms with Gasteiger partial charge in [-0.1, -0.05) is 145 Å². The van der Waals surface area contributed by atoms with E-state index >= 15 is 0 Å². The molecule has 4 nitrogen and oxygen atoms in total. The van der Waals surface area contributed by atoms with Gasteiger partial charge >= 0.3 is 0 Å². The lowest BCUT2D eigenvalue weighted by molar-refractivity contribution is -0.123. The molecule has 0 heterocycles. The number of unbranched alkanes of at least 4 members (excludes halogenated alkanes) is 12. The second kappa shape index (κ2) is 33.3. The molecule has 0 saturated heterocycles. The molecule has 0 aromatic carbocycles. The van der Waals surface area contributed by atoms with Crippen LogP contribution in [-0.2, 0) is 4.79 Å². The van der Waals surface area contributed by atoms with Crippen molar-refractivity contribution >= 4 is 5.91 Å². The predicted molar refractivity (Wildman–Crippen MR) is 184 cm³/mol. The van der Waals surface area contributed by atoms with E-state index in [2.05, 4.69) is 79.9 Å². The Bertz CT molecular complexity index is 762. The zero-order valence-electron chi connectivity index (χ0n) is 27.2. The summed E-state index contributed by atoms with van der Waals surface area (Å²) in [7, 11) is 0. The van der Waals surface area contributed by atoms with E-state index in [4.69, 9.17) is 0 Å². The maximum absolute atomic E-state index is 12.2. The van der Waals surface area contributed by atoms with Gasteiger partial charge in [0.1, 0.15) is 0 Å². The third-order valence-electron chi connectivity index (χ3n) is 7.15. The number of amides is 1. The summed E-state index contributed by atoms with van der Waals surface area (Å²) >= 11 is 0. The minimum Gasteiger partial charge on any atom is -0.394 e. The van der Waals surface area contributed by atoms with Crippen LogP contribution in [0.15, 0.2) is 72.9 Å². The van der Waals surface area contributed by atoms with Gasteiger partial charge in [-0.2, -0.15) is 0 Å². The van der Waals surface area contributed by atoms with E-state index in [-0.39, 0.29) is 12.5 Å². The van der Waals surface area contributed by atoms with E-state index in [9.17, 15) is 15.0 Å². The van der Waals surface area contributed by atoms with E-state index in [0.29, 0.717) is 6.42 Å². The highest BCUT2D eigenvalue weighted by Crippen LogP contribution is 2.12. The Balaban J connectivity index is 3.60. The van der Waals surface area contributed by atoms with Crippen molar-refractivity contribution in [3.8, 4) is 0 Å². The van der Waals surface area contributed by atoms with Gasteiger partial charge in [0.05, 0.1) is 18.8 Å². The molecule has 240 valence electrons. The molecule has 0 aliphatic heterocycles. The first-order valence-electron chi connectivity index (χ1n) is 17.2. The highest BCUT2D eigenvalue weighted by Gasteiger charge is 2.17. The van der Waals surface area contributed by atoms with Gasteiger partial charge in [0.15, 0.2) is 0 Å².